The highest BCUT2D eigenvalue weighted by atomic mass is 35.5. The van der Waals surface area contributed by atoms with Crippen LogP contribution in [-0.2, 0) is 7.05 Å². The molecule has 1 aromatic carbocycles. The van der Waals surface area contributed by atoms with E-state index in [0.717, 1.165) is 34.4 Å². The average molecular weight is 283 g/mol. The standard InChI is InChI=1S/C12H15ClN4S/c1-17-11(9-3-5-10(14)6-4-9)15-16-12(17)18-8-2-7-13/h3-6H,2,7-8,14H2,1H3. The van der Waals surface area contributed by atoms with E-state index in [1.165, 1.54) is 0 Å². The molecular formula is C12H15ClN4S. The lowest BCUT2D eigenvalue weighted by Crippen LogP contribution is -1.95. The number of benzene rings is 1. The number of rotatable bonds is 5. The molecule has 2 rings (SSSR count). The van der Waals surface area contributed by atoms with E-state index < -0.39 is 0 Å². The quantitative estimate of drug-likeness (QED) is 0.396. The number of hydrogen-bond donors (Lipinski definition) is 1. The van der Waals surface area contributed by atoms with Crippen LogP contribution in [0.15, 0.2) is 29.4 Å². The molecule has 2 N–H and O–H groups in total. The molecule has 0 amide bonds. The van der Waals surface area contributed by atoms with Gasteiger partial charge >= 0.3 is 0 Å². The summed E-state index contributed by atoms with van der Waals surface area (Å²) in [6.45, 7) is 0. The van der Waals surface area contributed by atoms with Crippen LogP contribution in [0.2, 0.25) is 0 Å². The minimum absolute atomic E-state index is 0.676. The topological polar surface area (TPSA) is 56.7 Å². The number of nitrogens with zero attached hydrogens (tertiary/aromatic N) is 3. The molecule has 6 heteroatoms. The highest BCUT2D eigenvalue weighted by molar-refractivity contribution is 7.99. The fourth-order valence-corrected chi connectivity index (χ4v) is 2.68. The van der Waals surface area contributed by atoms with E-state index in [1.807, 2.05) is 35.9 Å². The van der Waals surface area contributed by atoms with Crippen LogP contribution in [0.3, 0.4) is 0 Å². The molecule has 0 saturated heterocycles. The van der Waals surface area contributed by atoms with Crippen LogP contribution in [0.1, 0.15) is 6.42 Å². The second-order valence-electron chi connectivity index (χ2n) is 3.88. The maximum Gasteiger partial charge on any atom is 0.191 e. The van der Waals surface area contributed by atoms with Crippen molar-refractivity contribution in [1.82, 2.24) is 14.8 Å². The molecule has 96 valence electrons. The Labute approximate surface area is 116 Å². The van der Waals surface area contributed by atoms with Gasteiger partial charge in [-0.2, -0.15) is 0 Å². The number of halogens is 1. The number of alkyl halides is 1. The van der Waals surface area contributed by atoms with Crippen molar-refractivity contribution in [3.63, 3.8) is 0 Å². The Kier molecular flexibility index (Phi) is 4.49. The summed E-state index contributed by atoms with van der Waals surface area (Å²) in [6.07, 6.45) is 0.969. The maximum atomic E-state index is 5.67. The fraction of sp³-hybridized carbons (Fsp3) is 0.333. The molecule has 0 aliphatic heterocycles. The Morgan fingerprint density at radius 2 is 2.00 bits per heavy atom. The summed E-state index contributed by atoms with van der Waals surface area (Å²) in [6, 6.07) is 7.63. The van der Waals surface area contributed by atoms with Gasteiger partial charge in [-0.25, -0.2) is 0 Å². The molecule has 0 fully saturated rings. The summed E-state index contributed by atoms with van der Waals surface area (Å²) >= 11 is 7.33. The van der Waals surface area contributed by atoms with Gasteiger partial charge in [0, 0.05) is 29.9 Å². The molecule has 0 spiro atoms. The first-order valence-electron chi connectivity index (χ1n) is 5.66. The molecule has 2 aromatic rings. The zero-order valence-corrected chi connectivity index (χ0v) is 11.7. The van der Waals surface area contributed by atoms with Gasteiger partial charge in [0.05, 0.1) is 0 Å². The highest BCUT2D eigenvalue weighted by Gasteiger charge is 2.10. The van der Waals surface area contributed by atoms with Gasteiger partial charge in [-0.05, 0) is 30.7 Å². The van der Waals surface area contributed by atoms with E-state index >= 15 is 0 Å². The van der Waals surface area contributed by atoms with Crippen LogP contribution in [0.25, 0.3) is 11.4 Å². The third-order valence-electron chi connectivity index (χ3n) is 2.51. The van der Waals surface area contributed by atoms with Gasteiger partial charge in [0.1, 0.15) is 0 Å². The fourth-order valence-electron chi connectivity index (χ4n) is 1.54. The third kappa shape index (κ3) is 2.97. The number of nitrogens with two attached hydrogens (primary N) is 1. The molecule has 0 aliphatic rings. The van der Waals surface area contributed by atoms with Crippen molar-refractivity contribution in [2.45, 2.75) is 11.6 Å². The molecule has 1 aromatic heterocycles. The lowest BCUT2D eigenvalue weighted by atomic mass is 10.2. The molecule has 0 unspecified atom stereocenters. The van der Waals surface area contributed by atoms with Gasteiger partial charge in [-0.1, -0.05) is 11.8 Å². The zero-order chi connectivity index (χ0) is 13.0. The van der Waals surface area contributed by atoms with Crippen molar-refractivity contribution in [2.24, 2.45) is 7.05 Å². The van der Waals surface area contributed by atoms with Crippen molar-refractivity contribution in [2.75, 3.05) is 17.4 Å². The van der Waals surface area contributed by atoms with E-state index in [4.69, 9.17) is 17.3 Å². The summed E-state index contributed by atoms with van der Waals surface area (Å²) in [5.41, 5.74) is 7.43. The first-order valence-corrected chi connectivity index (χ1v) is 7.18. The van der Waals surface area contributed by atoms with Gasteiger partial charge in [0.2, 0.25) is 0 Å². The maximum absolute atomic E-state index is 5.67. The van der Waals surface area contributed by atoms with E-state index in [0.29, 0.717) is 5.88 Å². The summed E-state index contributed by atoms with van der Waals surface area (Å²) in [7, 11) is 1.97. The first kappa shape index (κ1) is 13.2. The predicted molar refractivity (Wildman–Crippen MR) is 76.9 cm³/mol. The van der Waals surface area contributed by atoms with Crippen molar-refractivity contribution >= 4 is 29.1 Å². The third-order valence-corrected chi connectivity index (χ3v) is 3.89. The van der Waals surface area contributed by atoms with E-state index in [-0.39, 0.29) is 0 Å². The summed E-state index contributed by atoms with van der Waals surface area (Å²) in [5, 5.41) is 9.31. The summed E-state index contributed by atoms with van der Waals surface area (Å²) in [5.74, 6) is 2.48. The Hall–Kier alpha value is -1.20. The summed E-state index contributed by atoms with van der Waals surface area (Å²) in [4.78, 5) is 0. The second kappa shape index (κ2) is 6.11. The molecule has 4 nitrogen and oxygen atoms in total. The Bertz CT molecular complexity index is 509. The predicted octanol–water partition coefficient (Wildman–Crippen LogP) is 2.79. The zero-order valence-electron chi connectivity index (χ0n) is 10.1. The van der Waals surface area contributed by atoms with Crippen molar-refractivity contribution in [3.05, 3.63) is 24.3 Å². The minimum Gasteiger partial charge on any atom is -0.399 e. The van der Waals surface area contributed by atoms with Crippen molar-refractivity contribution in [1.29, 1.82) is 0 Å². The molecule has 0 radical (unpaired) electrons. The molecule has 0 atom stereocenters. The van der Waals surface area contributed by atoms with Crippen LogP contribution in [0.5, 0.6) is 0 Å². The van der Waals surface area contributed by atoms with Crippen molar-refractivity contribution in [3.8, 4) is 11.4 Å². The van der Waals surface area contributed by atoms with Gasteiger partial charge in [-0.15, -0.1) is 21.8 Å². The smallest absolute Gasteiger partial charge is 0.191 e. The first-order chi connectivity index (χ1) is 8.72. The molecule has 0 bridgehead atoms. The van der Waals surface area contributed by atoms with Crippen LogP contribution < -0.4 is 5.73 Å². The monoisotopic (exact) mass is 282 g/mol. The summed E-state index contributed by atoms with van der Waals surface area (Å²) < 4.78 is 1.99. The van der Waals surface area contributed by atoms with E-state index in [1.54, 1.807) is 11.8 Å². The average Bonchev–Trinajstić information content (AvgIpc) is 2.73. The molecule has 0 saturated carbocycles. The molecule has 18 heavy (non-hydrogen) atoms. The minimum atomic E-state index is 0.676. The Morgan fingerprint density at radius 1 is 1.28 bits per heavy atom. The van der Waals surface area contributed by atoms with Gasteiger partial charge < -0.3 is 10.3 Å². The van der Waals surface area contributed by atoms with E-state index in [2.05, 4.69) is 10.2 Å². The van der Waals surface area contributed by atoms with Gasteiger partial charge in [0.25, 0.3) is 0 Å². The lowest BCUT2D eigenvalue weighted by Gasteiger charge is -2.03. The molecule has 0 aliphatic carbocycles. The number of anilines is 1. The van der Waals surface area contributed by atoms with Crippen LogP contribution in [-0.4, -0.2) is 26.4 Å². The number of hydrogen-bond acceptors (Lipinski definition) is 4. The van der Waals surface area contributed by atoms with Crippen LogP contribution >= 0.6 is 23.4 Å². The Balaban J connectivity index is 2.17. The normalized spacial score (nSPS) is 10.8. The van der Waals surface area contributed by atoms with Crippen molar-refractivity contribution < 1.29 is 0 Å². The molecular weight excluding hydrogens is 268 g/mol. The number of aromatic nitrogens is 3. The van der Waals surface area contributed by atoms with Gasteiger partial charge in [0.15, 0.2) is 11.0 Å². The SMILES string of the molecule is Cn1c(SCCCCl)nnc1-c1ccc(N)cc1. The number of nitrogen functional groups attached to an aromatic ring is 1. The van der Waals surface area contributed by atoms with E-state index in [9.17, 15) is 0 Å². The number of thioether (sulfide) groups is 1. The van der Waals surface area contributed by atoms with Crippen LogP contribution in [0, 0.1) is 0 Å². The second-order valence-corrected chi connectivity index (χ2v) is 5.32. The molecule has 1 heterocycles. The van der Waals surface area contributed by atoms with Crippen LogP contribution in [0.4, 0.5) is 5.69 Å². The lowest BCUT2D eigenvalue weighted by molar-refractivity contribution is 0.793. The highest BCUT2D eigenvalue weighted by Crippen LogP contribution is 2.23. The largest absolute Gasteiger partial charge is 0.399 e. The van der Waals surface area contributed by atoms with Gasteiger partial charge in [-0.3, -0.25) is 0 Å². The Morgan fingerprint density at radius 3 is 2.67 bits per heavy atom.